The first kappa shape index (κ1) is 20.2. The molecular weight excluding hydrogens is 400 g/mol. The Morgan fingerprint density at radius 2 is 1.69 bits per heavy atom. The molecule has 0 saturated heterocycles. The van der Waals surface area contributed by atoms with Crippen LogP contribution in [0, 0.1) is 0 Å². The van der Waals surface area contributed by atoms with E-state index < -0.39 is 0 Å². The lowest BCUT2D eigenvalue weighted by Gasteiger charge is -2.30. The second kappa shape index (κ2) is 9.18. The molecule has 0 unspecified atom stereocenters. The average molecular weight is 427 g/mol. The summed E-state index contributed by atoms with van der Waals surface area (Å²) in [5, 5.41) is 11.5. The summed E-state index contributed by atoms with van der Waals surface area (Å²) in [5.41, 5.74) is 3.83. The molecule has 1 amide bonds. The van der Waals surface area contributed by atoms with Crippen LogP contribution in [0.25, 0.3) is 16.9 Å². The Balaban J connectivity index is 1.18. The van der Waals surface area contributed by atoms with E-state index in [0.717, 1.165) is 54.0 Å². The number of benzene rings is 1. The molecule has 0 bridgehead atoms. The molecule has 5 rings (SSSR count). The lowest BCUT2D eigenvalue weighted by atomic mass is 9.91. The van der Waals surface area contributed by atoms with Crippen molar-refractivity contribution in [3.05, 3.63) is 78.8 Å². The van der Waals surface area contributed by atoms with Crippen molar-refractivity contribution in [3.8, 4) is 11.3 Å². The van der Waals surface area contributed by atoms with Crippen LogP contribution in [-0.4, -0.2) is 37.6 Å². The molecule has 1 saturated carbocycles. The highest BCUT2D eigenvalue weighted by Crippen LogP contribution is 2.24. The van der Waals surface area contributed by atoms with E-state index in [1.165, 1.54) is 0 Å². The second-order valence-electron chi connectivity index (χ2n) is 8.29. The number of nitrogens with one attached hydrogen (secondary N) is 2. The van der Waals surface area contributed by atoms with Gasteiger partial charge in [-0.3, -0.25) is 9.78 Å². The fourth-order valence-electron chi connectivity index (χ4n) is 4.32. The van der Waals surface area contributed by atoms with Crippen molar-refractivity contribution in [2.24, 2.45) is 0 Å². The maximum Gasteiger partial charge on any atom is 0.224 e. The Bertz CT molecular complexity index is 1180. The highest BCUT2D eigenvalue weighted by Gasteiger charge is 2.23. The lowest BCUT2D eigenvalue weighted by Crippen LogP contribution is -2.40. The maximum atomic E-state index is 12.4. The van der Waals surface area contributed by atoms with Gasteiger partial charge in [-0.05, 0) is 55.5 Å². The first-order valence-electron chi connectivity index (χ1n) is 11.1. The molecule has 32 heavy (non-hydrogen) atoms. The molecule has 1 aliphatic carbocycles. The van der Waals surface area contributed by atoms with E-state index in [4.69, 9.17) is 5.10 Å². The average Bonchev–Trinajstić information content (AvgIpc) is 3.25. The van der Waals surface area contributed by atoms with Crippen LogP contribution in [-0.2, 0) is 11.2 Å². The summed E-state index contributed by atoms with van der Waals surface area (Å²) < 4.78 is 1.87. The molecule has 162 valence electrons. The van der Waals surface area contributed by atoms with Crippen molar-refractivity contribution in [1.82, 2.24) is 24.9 Å². The third kappa shape index (κ3) is 4.61. The molecule has 7 heteroatoms. The van der Waals surface area contributed by atoms with Gasteiger partial charge in [-0.15, -0.1) is 5.10 Å². The number of amides is 1. The summed E-state index contributed by atoms with van der Waals surface area (Å²) in [4.78, 5) is 20.9. The largest absolute Gasteiger partial charge is 0.366 e. The number of carbonyl (C=O) groups excluding carboxylic acids is 1. The molecule has 0 radical (unpaired) electrons. The van der Waals surface area contributed by atoms with Crippen LogP contribution in [0.4, 0.5) is 5.82 Å². The van der Waals surface area contributed by atoms with Gasteiger partial charge in [0.2, 0.25) is 5.91 Å². The number of anilines is 1. The third-order valence-corrected chi connectivity index (χ3v) is 5.99. The van der Waals surface area contributed by atoms with Gasteiger partial charge in [0, 0.05) is 30.0 Å². The maximum absolute atomic E-state index is 12.4. The fourth-order valence-corrected chi connectivity index (χ4v) is 4.32. The Kier molecular flexibility index (Phi) is 5.79. The Hall–Kier alpha value is -3.74. The van der Waals surface area contributed by atoms with Crippen molar-refractivity contribution in [3.63, 3.8) is 0 Å². The van der Waals surface area contributed by atoms with Gasteiger partial charge in [0.1, 0.15) is 5.82 Å². The number of pyridine rings is 1. The third-order valence-electron chi connectivity index (χ3n) is 5.99. The molecule has 0 spiro atoms. The van der Waals surface area contributed by atoms with Gasteiger partial charge < -0.3 is 10.6 Å². The van der Waals surface area contributed by atoms with Crippen molar-refractivity contribution in [1.29, 1.82) is 0 Å². The standard InChI is InChI=1S/C25H26N6O/c32-25(16-18-4-2-1-3-5-18)29-21-8-6-20(7-9-21)28-23-10-11-24-27-17-22(31(24)30-23)19-12-14-26-15-13-19/h1-5,10-15,17,20-21H,6-9,16H2,(H,28,30)(H,29,32)/t20-,21-. The Morgan fingerprint density at radius 3 is 2.47 bits per heavy atom. The fraction of sp³-hybridized carbons (Fsp3) is 0.280. The number of aromatic nitrogens is 4. The number of rotatable bonds is 6. The van der Waals surface area contributed by atoms with E-state index in [2.05, 4.69) is 20.6 Å². The van der Waals surface area contributed by atoms with Crippen LogP contribution in [0.2, 0.25) is 0 Å². The van der Waals surface area contributed by atoms with Crippen molar-refractivity contribution >= 4 is 17.4 Å². The predicted octanol–water partition coefficient (Wildman–Crippen LogP) is 3.87. The number of imidazole rings is 1. The van der Waals surface area contributed by atoms with Gasteiger partial charge in [-0.2, -0.15) is 0 Å². The minimum atomic E-state index is 0.100. The lowest BCUT2D eigenvalue weighted by molar-refractivity contribution is -0.121. The molecule has 3 heterocycles. The number of fused-ring (bicyclic) bond motifs is 1. The van der Waals surface area contributed by atoms with Crippen LogP contribution in [0.5, 0.6) is 0 Å². The smallest absolute Gasteiger partial charge is 0.224 e. The van der Waals surface area contributed by atoms with Crippen molar-refractivity contribution in [2.45, 2.75) is 44.2 Å². The quantitative estimate of drug-likeness (QED) is 0.489. The summed E-state index contributed by atoms with van der Waals surface area (Å²) in [5.74, 6) is 0.936. The molecule has 0 aliphatic heterocycles. The van der Waals surface area contributed by atoms with Gasteiger partial charge in [0.15, 0.2) is 5.65 Å². The van der Waals surface area contributed by atoms with E-state index in [1.54, 1.807) is 12.4 Å². The Morgan fingerprint density at radius 1 is 0.938 bits per heavy atom. The second-order valence-corrected chi connectivity index (χ2v) is 8.29. The summed E-state index contributed by atoms with van der Waals surface area (Å²) in [6, 6.07) is 18.3. The zero-order valence-corrected chi connectivity index (χ0v) is 17.8. The molecule has 2 N–H and O–H groups in total. The summed E-state index contributed by atoms with van der Waals surface area (Å²) in [6.45, 7) is 0. The normalized spacial score (nSPS) is 18.4. The Labute approximate surface area is 186 Å². The summed E-state index contributed by atoms with van der Waals surface area (Å²) >= 11 is 0. The highest BCUT2D eigenvalue weighted by atomic mass is 16.1. The highest BCUT2D eigenvalue weighted by molar-refractivity contribution is 5.78. The zero-order chi connectivity index (χ0) is 21.8. The van der Waals surface area contributed by atoms with E-state index >= 15 is 0 Å². The topological polar surface area (TPSA) is 84.2 Å². The van der Waals surface area contributed by atoms with Crippen LogP contribution >= 0.6 is 0 Å². The van der Waals surface area contributed by atoms with E-state index in [-0.39, 0.29) is 11.9 Å². The van der Waals surface area contributed by atoms with Gasteiger partial charge >= 0.3 is 0 Å². The van der Waals surface area contributed by atoms with Crippen LogP contribution < -0.4 is 10.6 Å². The van der Waals surface area contributed by atoms with Crippen LogP contribution in [0.15, 0.2) is 73.2 Å². The minimum absolute atomic E-state index is 0.100. The SMILES string of the molecule is O=C(Cc1ccccc1)N[C@H]1CC[C@H](Nc2ccc3ncc(-c4ccncc4)n3n2)CC1. The van der Waals surface area contributed by atoms with Gasteiger partial charge in [-0.1, -0.05) is 30.3 Å². The van der Waals surface area contributed by atoms with Gasteiger partial charge in [-0.25, -0.2) is 9.50 Å². The molecular formula is C25H26N6O. The molecule has 7 nitrogen and oxygen atoms in total. The number of hydrogen-bond donors (Lipinski definition) is 2. The number of nitrogens with zero attached hydrogens (tertiary/aromatic N) is 4. The summed E-state index contributed by atoms with van der Waals surface area (Å²) in [6.07, 6.45) is 9.75. The number of carbonyl (C=O) groups is 1. The summed E-state index contributed by atoms with van der Waals surface area (Å²) in [7, 11) is 0. The minimum Gasteiger partial charge on any atom is -0.366 e. The molecule has 1 fully saturated rings. The molecule has 4 aromatic rings. The monoisotopic (exact) mass is 426 g/mol. The molecule has 0 atom stereocenters. The van der Waals surface area contributed by atoms with Crippen molar-refractivity contribution < 1.29 is 4.79 Å². The molecule has 1 aliphatic rings. The molecule has 1 aromatic carbocycles. The number of hydrogen-bond acceptors (Lipinski definition) is 5. The van der Waals surface area contributed by atoms with E-state index in [9.17, 15) is 4.79 Å². The van der Waals surface area contributed by atoms with E-state index in [1.807, 2.05) is 65.3 Å². The van der Waals surface area contributed by atoms with Crippen molar-refractivity contribution in [2.75, 3.05) is 5.32 Å². The zero-order valence-electron chi connectivity index (χ0n) is 17.8. The molecule has 3 aromatic heterocycles. The van der Waals surface area contributed by atoms with Gasteiger partial charge in [0.05, 0.1) is 18.3 Å². The first-order chi connectivity index (χ1) is 15.7. The van der Waals surface area contributed by atoms with Crippen LogP contribution in [0.3, 0.4) is 0 Å². The van der Waals surface area contributed by atoms with Gasteiger partial charge in [0.25, 0.3) is 0 Å². The first-order valence-corrected chi connectivity index (χ1v) is 11.1. The predicted molar refractivity (Wildman–Crippen MR) is 124 cm³/mol. The van der Waals surface area contributed by atoms with Crippen LogP contribution in [0.1, 0.15) is 31.2 Å². The van der Waals surface area contributed by atoms with E-state index in [0.29, 0.717) is 12.5 Å².